The predicted octanol–water partition coefficient (Wildman–Crippen LogP) is 3.66. The maximum atomic E-state index is 11.9. The van der Waals surface area contributed by atoms with Gasteiger partial charge in [0.15, 0.2) is 5.78 Å². The lowest BCUT2D eigenvalue weighted by molar-refractivity contribution is -0.274. The highest BCUT2D eigenvalue weighted by Crippen LogP contribution is 2.22. The van der Waals surface area contributed by atoms with E-state index in [1.807, 2.05) is 0 Å². The molecule has 1 aromatic carbocycles. The molecule has 0 fully saturated rings. The summed E-state index contributed by atoms with van der Waals surface area (Å²) in [6.45, 7) is 3.61. The summed E-state index contributed by atoms with van der Waals surface area (Å²) in [7, 11) is 0. The molecular formula is C13H13F3O2. The molecule has 0 amide bonds. The van der Waals surface area contributed by atoms with Crippen LogP contribution in [0.3, 0.4) is 0 Å². The second-order valence-electron chi connectivity index (χ2n) is 4.06. The second-order valence-corrected chi connectivity index (χ2v) is 4.06. The van der Waals surface area contributed by atoms with Gasteiger partial charge in [0, 0.05) is 6.42 Å². The lowest BCUT2D eigenvalue weighted by atomic mass is 10.1. The van der Waals surface area contributed by atoms with Crippen molar-refractivity contribution in [3.8, 4) is 5.75 Å². The quantitative estimate of drug-likeness (QED) is 0.770. The van der Waals surface area contributed by atoms with E-state index in [9.17, 15) is 18.0 Å². The van der Waals surface area contributed by atoms with E-state index < -0.39 is 6.36 Å². The number of ether oxygens (including phenoxy) is 1. The predicted molar refractivity (Wildman–Crippen MR) is 61.3 cm³/mol. The molecule has 0 aliphatic heterocycles. The standard InChI is InChI=1S/C13H13F3O2/c1-9(2)7-11(17)8-10-3-5-12(6-4-10)18-13(14,15)16/h3-7H,8H2,1-2H3. The van der Waals surface area contributed by atoms with Crippen LogP contribution in [-0.2, 0) is 11.2 Å². The number of rotatable bonds is 4. The minimum atomic E-state index is -4.70. The van der Waals surface area contributed by atoms with E-state index in [0.717, 1.165) is 5.57 Å². The lowest BCUT2D eigenvalue weighted by Gasteiger charge is -2.08. The Bertz CT molecular complexity index is 440. The molecule has 1 aromatic rings. The number of hydrogen-bond donors (Lipinski definition) is 0. The van der Waals surface area contributed by atoms with Crippen molar-refractivity contribution < 1.29 is 22.7 Å². The average Bonchev–Trinajstić information content (AvgIpc) is 2.17. The minimum absolute atomic E-state index is 0.0838. The molecule has 0 aromatic heterocycles. The van der Waals surface area contributed by atoms with Crippen molar-refractivity contribution in [1.82, 2.24) is 0 Å². The van der Waals surface area contributed by atoms with Crippen molar-refractivity contribution in [1.29, 1.82) is 0 Å². The Morgan fingerprint density at radius 3 is 2.22 bits per heavy atom. The fourth-order valence-electron chi connectivity index (χ4n) is 1.38. The highest BCUT2D eigenvalue weighted by atomic mass is 19.4. The van der Waals surface area contributed by atoms with Gasteiger partial charge in [0.1, 0.15) is 5.75 Å². The zero-order valence-corrected chi connectivity index (χ0v) is 10.0. The Morgan fingerprint density at radius 2 is 1.78 bits per heavy atom. The van der Waals surface area contributed by atoms with Gasteiger partial charge in [0.05, 0.1) is 0 Å². The topological polar surface area (TPSA) is 26.3 Å². The summed E-state index contributed by atoms with van der Waals surface area (Å²) in [6.07, 6.45) is -3.03. The molecule has 0 atom stereocenters. The summed E-state index contributed by atoms with van der Waals surface area (Å²) in [5.74, 6) is -0.375. The first-order valence-corrected chi connectivity index (χ1v) is 5.29. The van der Waals surface area contributed by atoms with Gasteiger partial charge in [-0.2, -0.15) is 0 Å². The lowest BCUT2D eigenvalue weighted by Crippen LogP contribution is -2.17. The third-order valence-corrected chi connectivity index (χ3v) is 1.98. The maximum Gasteiger partial charge on any atom is 0.573 e. The Morgan fingerprint density at radius 1 is 1.22 bits per heavy atom. The number of ketones is 1. The third kappa shape index (κ3) is 5.52. The second kappa shape index (κ2) is 5.71. The van der Waals surface area contributed by atoms with Crippen molar-refractivity contribution in [3.05, 3.63) is 41.5 Å². The van der Waals surface area contributed by atoms with Crippen LogP contribution in [0.2, 0.25) is 0 Å². The van der Waals surface area contributed by atoms with Gasteiger partial charge in [-0.25, -0.2) is 0 Å². The molecule has 2 nitrogen and oxygen atoms in total. The normalized spacial score (nSPS) is 10.9. The summed E-state index contributed by atoms with van der Waals surface area (Å²) < 4.78 is 39.5. The molecule has 5 heteroatoms. The first-order valence-electron chi connectivity index (χ1n) is 5.29. The molecule has 0 heterocycles. The van der Waals surface area contributed by atoms with Crippen LogP contribution in [0.1, 0.15) is 19.4 Å². The number of carbonyl (C=O) groups excluding carboxylic acids is 1. The van der Waals surface area contributed by atoms with Crippen molar-refractivity contribution in [2.75, 3.05) is 0 Å². The van der Waals surface area contributed by atoms with Crippen LogP contribution in [0.25, 0.3) is 0 Å². The van der Waals surface area contributed by atoms with Gasteiger partial charge < -0.3 is 4.74 Å². The molecule has 18 heavy (non-hydrogen) atoms. The van der Waals surface area contributed by atoms with Crippen LogP contribution in [-0.4, -0.2) is 12.1 Å². The Kier molecular flexibility index (Phi) is 4.53. The van der Waals surface area contributed by atoms with Gasteiger partial charge >= 0.3 is 6.36 Å². The summed E-state index contributed by atoms with van der Waals surface area (Å²) in [6, 6.07) is 5.27. The van der Waals surface area contributed by atoms with E-state index in [-0.39, 0.29) is 18.0 Å². The highest BCUT2D eigenvalue weighted by Gasteiger charge is 2.30. The van der Waals surface area contributed by atoms with E-state index in [0.29, 0.717) is 5.56 Å². The molecule has 0 unspecified atom stereocenters. The SMILES string of the molecule is CC(C)=CC(=O)Cc1ccc(OC(F)(F)F)cc1. The largest absolute Gasteiger partial charge is 0.573 e. The van der Waals surface area contributed by atoms with Gasteiger partial charge in [0.2, 0.25) is 0 Å². The van der Waals surface area contributed by atoms with Crippen molar-refractivity contribution in [3.63, 3.8) is 0 Å². The van der Waals surface area contributed by atoms with Crippen LogP contribution in [0.5, 0.6) is 5.75 Å². The fraction of sp³-hybridized carbons (Fsp3) is 0.308. The van der Waals surface area contributed by atoms with E-state index in [2.05, 4.69) is 4.74 Å². The molecule has 0 spiro atoms. The fourth-order valence-corrected chi connectivity index (χ4v) is 1.38. The zero-order valence-electron chi connectivity index (χ0n) is 10.0. The molecule has 1 rings (SSSR count). The Labute approximate surface area is 103 Å². The van der Waals surface area contributed by atoms with Gasteiger partial charge in [-0.15, -0.1) is 13.2 Å². The third-order valence-electron chi connectivity index (χ3n) is 1.98. The molecule has 0 N–H and O–H groups in total. The molecule has 0 saturated heterocycles. The number of carbonyl (C=O) groups is 1. The van der Waals surface area contributed by atoms with Crippen LogP contribution in [0.15, 0.2) is 35.9 Å². The van der Waals surface area contributed by atoms with E-state index in [1.54, 1.807) is 13.8 Å². The van der Waals surface area contributed by atoms with Gasteiger partial charge in [-0.1, -0.05) is 17.7 Å². The van der Waals surface area contributed by atoms with Crippen LogP contribution < -0.4 is 4.74 Å². The van der Waals surface area contributed by atoms with Gasteiger partial charge in [-0.05, 0) is 37.6 Å². The van der Waals surface area contributed by atoms with Crippen LogP contribution >= 0.6 is 0 Å². The minimum Gasteiger partial charge on any atom is -0.406 e. The summed E-state index contributed by atoms with van der Waals surface area (Å²) >= 11 is 0. The van der Waals surface area contributed by atoms with Crippen LogP contribution in [0.4, 0.5) is 13.2 Å². The van der Waals surface area contributed by atoms with Crippen LogP contribution in [0, 0.1) is 0 Å². The number of halogens is 3. The van der Waals surface area contributed by atoms with Gasteiger partial charge in [-0.3, -0.25) is 4.79 Å². The molecular weight excluding hydrogens is 245 g/mol. The Hall–Kier alpha value is -1.78. The summed E-state index contributed by atoms with van der Waals surface area (Å²) in [5.41, 5.74) is 1.53. The first kappa shape index (κ1) is 14.3. The smallest absolute Gasteiger partial charge is 0.406 e. The number of hydrogen-bond acceptors (Lipinski definition) is 2. The number of allylic oxidation sites excluding steroid dienone is 2. The highest BCUT2D eigenvalue weighted by molar-refractivity contribution is 5.91. The number of benzene rings is 1. The van der Waals surface area contributed by atoms with Gasteiger partial charge in [0.25, 0.3) is 0 Å². The maximum absolute atomic E-state index is 11.9. The molecule has 0 aliphatic carbocycles. The average molecular weight is 258 g/mol. The summed E-state index contributed by atoms with van der Waals surface area (Å²) in [4.78, 5) is 11.4. The first-order chi connectivity index (χ1) is 8.26. The zero-order chi connectivity index (χ0) is 13.8. The number of alkyl halides is 3. The molecule has 0 aliphatic rings. The molecule has 98 valence electrons. The van der Waals surface area contributed by atoms with Crippen molar-refractivity contribution >= 4 is 5.78 Å². The molecule has 0 saturated carbocycles. The van der Waals surface area contributed by atoms with E-state index >= 15 is 0 Å². The molecule has 0 bridgehead atoms. The van der Waals surface area contributed by atoms with E-state index in [1.165, 1.54) is 30.3 Å². The van der Waals surface area contributed by atoms with E-state index in [4.69, 9.17) is 0 Å². The Balaban J connectivity index is 2.66. The molecule has 0 radical (unpaired) electrons. The monoisotopic (exact) mass is 258 g/mol. The van der Waals surface area contributed by atoms with Crippen molar-refractivity contribution in [2.45, 2.75) is 26.6 Å². The van der Waals surface area contributed by atoms with Crippen molar-refractivity contribution in [2.24, 2.45) is 0 Å². The summed E-state index contributed by atoms with van der Waals surface area (Å²) in [5, 5.41) is 0.